The zero-order valence-corrected chi connectivity index (χ0v) is 10.4. The van der Waals surface area contributed by atoms with E-state index < -0.39 is 0 Å². The molecule has 0 aromatic heterocycles. The van der Waals surface area contributed by atoms with Crippen molar-refractivity contribution in [2.75, 3.05) is 19.6 Å². The molecule has 2 nitrogen and oxygen atoms in total. The van der Waals surface area contributed by atoms with Gasteiger partial charge in [-0.2, -0.15) is 0 Å². The molecular formula is C10H19IN2. The maximum Gasteiger partial charge on any atom is 0.0164 e. The fourth-order valence-electron chi connectivity index (χ4n) is 1.43. The molecule has 0 fully saturated rings. The number of hydrogen-bond donors (Lipinski definition) is 2. The average molecular weight is 294 g/mol. The van der Waals surface area contributed by atoms with Crippen molar-refractivity contribution < 1.29 is 0 Å². The summed E-state index contributed by atoms with van der Waals surface area (Å²) in [5.41, 5.74) is 0. The van der Waals surface area contributed by atoms with E-state index in [9.17, 15) is 0 Å². The van der Waals surface area contributed by atoms with E-state index in [2.05, 4.69) is 46.2 Å². The molecule has 1 rings (SSSR count). The summed E-state index contributed by atoms with van der Waals surface area (Å²) in [4.78, 5) is 0. The molecule has 0 radical (unpaired) electrons. The van der Waals surface area contributed by atoms with Crippen LogP contribution in [0, 0.1) is 0 Å². The highest BCUT2D eigenvalue weighted by molar-refractivity contribution is 14.1. The summed E-state index contributed by atoms with van der Waals surface area (Å²) in [7, 11) is 0. The summed E-state index contributed by atoms with van der Waals surface area (Å²) in [6.07, 6.45) is 6.03. The Morgan fingerprint density at radius 3 is 3.15 bits per heavy atom. The summed E-state index contributed by atoms with van der Waals surface area (Å²) in [5.74, 6) is 0. The van der Waals surface area contributed by atoms with E-state index in [1.165, 1.54) is 22.8 Å². The molecule has 1 heterocycles. The van der Waals surface area contributed by atoms with Crippen molar-refractivity contribution in [3.8, 4) is 0 Å². The molecule has 0 saturated carbocycles. The number of halogens is 1. The molecule has 2 N–H and O–H groups in total. The lowest BCUT2D eigenvalue weighted by atomic mass is 10.2. The van der Waals surface area contributed by atoms with Crippen LogP contribution in [-0.4, -0.2) is 25.7 Å². The van der Waals surface area contributed by atoms with Crippen molar-refractivity contribution in [2.45, 2.75) is 32.2 Å². The topological polar surface area (TPSA) is 24.1 Å². The Bertz CT molecular complexity index is 168. The third-order valence-electron chi connectivity index (χ3n) is 2.22. The molecule has 76 valence electrons. The Balaban J connectivity index is 2.32. The molecule has 0 spiro atoms. The fraction of sp³-hybridized carbons (Fsp3) is 0.800. The minimum absolute atomic E-state index is 0.601. The number of rotatable bonds is 0. The second-order valence-corrected chi connectivity index (χ2v) is 4.99. The second kappa shape index (κ2) is 6.79. The van der Waals surface area contributed by atoms with Crippen molar-refractivity contribution in [1.82, 2.24) is 10.6 Å². The minimum Gasteiger partial charge on any atom is -0.315 e. The summed E-state index contributed by atoms with van der Waals surface area (Å²) >= 11 is 2.45. The predicted octanol–water partition coefficient (Wildman–Crippen LogP) is 2.06. The lowest BCUT2D eigenvalue weighted by Gasteiger charge is -2.13. The van der Waals surface area contributed by atoms with Crippen LogP contribution in [-0.2, 0) is 0 Å². The minimum atomic E-state index is 0.601. The van der Waals surface area contributed by atoms with Crippen molar-refractivity contribution in [1.29, 1.82) is 0 Å². The van der Waals surface area contributed by atoms with Crippen LogP contribution in [0.1, 0.15) is 26.2 Å². The van der Waals surface area contributed by atoms with E-state index in [1.807, 2.05) is 0 Å². The zero-order valence-electron chi connectivity index (χ0n) is 8.28. The summed E-state index contributed by atoms with van der Waals surface area (Å²) in [6, 6.07) is 0.601. The molecular weight excluding hydrogens is 275 g/mol. The quantitative estimate of drug-likeness (QED) is 0.668. The molecule has 0 aliphatic carbocycles. The van der Waals surface area contributed by atoms with E-state index >= 15 is 0 Å². The highest BCUT2D eigenvalue weighted by Crippen LogP contribution is 2.13. The van der Waals surface area contributed by atoms with Crippen LogP contribution in [0.15, 0.2) is 9.66 Å². The third kappa shape index (κ3) is 5.65. The Kier molecular flexibility index (Phi) is 5.98. The van der Waals surface area contributed by atoms with E-state index in [0.717, 1.165) is 19.6 Å². The average Bonchev–Trinajstić information content (AvgIpc) is 2.14. The summed E-state index contributed by atoms with van der Waals surface area (Å²) in [6.45, 7) is 5.58. The van der Waals surface area contributed by atoms with Gasteiger partial charge in [-0.1, -0.05) is 6.08 Å². The lowest BCUT2D eigenvalue weighted by Crippen LogP contribution is -2.36. The van der Waals surface area contributed by atoms with Gasteiger partial charge in [0.1, 0.15) is 0 Å². The standard InChI is InChI=1S/C10H19IN2/c1-9-8-12-6-2-4-10(11)5-3-7-13-9/h5,9,12-13H,2-4,6-8H2,1H3/b10-5-. The molecule has 0 amide bonds. The first kappa shape index (κ1) is 11.5. The molecule has 0 aromatic carbocycles. The van der Waals surface area contributed by atoms with Crippen LogP contribution in [0.3, 0.4) is 0 Å². The molecule has 0 bridgehead atoms. The van der Waals surface area contributed by atoms with Crippen LogP contribution in [0.5, 0.6) is 0 Å². The maximum absolute atomic E-state index is 3.49. The van der Waals surface area contributed by atoms with Gasteiger partial charge in [0.05, 0.1) is 0 Å². The van der Waals surface area contributed by atoms with Gasteiger partial charge in [-0.3, -0.25) is 0 Å². The van der Waals surface area contributed by atoms with Crippen molar-refractivity contribution in [2.24, 2.45) is 0 Å². The predicted molar refractivity (Wildman–Crippen MR) is 66.3 cm³/mol. The molecule has 0 saturated heterocycles. The van der Waals surface area contributed by atoms with Crippen LogP contribution in [0.2, 0.25) is 0 Å². The van der Waals surface area contributed by atoms with Gasteiger partial charge >= 0.3 is 0 Å². The van der Waals surface area contributed by atoms with Gasteiger partial charge in [0, 0.05) is 12.6 Å². The van der Waals surface area contributed by atoms with Crippen LogP contribution in [0.4, 0.5) is 0 Å². The molecule has 1 aliphatic rings. The third-order valence-corrected chi connectivity index (χ3v) is 3.20. The Morgan fingerprint density at radius 1 is 1.46 bits per heavy atom. The molecule has 13 heavy (non-hydrogen) atoms. The van der Waals surface area contributed by atoms with Crippen LogP contribution in [0.25, 0.3) is 0 Å². The van der Waals surface area contributed by atoms with Gasteiger partial charge in [0.25, 0.3) is 0 Å². The van der Waals surface area contributed by atoms with Gasteiger partial charge < -0.3 is 10.6 Å². The first-order valence-corrected chi connectivity index (χ1v) is 6.15. The van der Waals surface area contributed by atoms with Gasteiger partial charge in [-0.15, -0.1) is 0 Å². The molecule has 1 atom stereocenters. The smallest absolute Gasteiger partial charge is 0.0164 e. The van der Waals surface area contributed by atoms with Crippen molar-refractivity contribution in [3.05, 3.63) is 9.66 Å². The van der Waals surface area contributed by atoms with E-state index in [1.54, 1.807) is 0 Å². The first-order valence-electron chi connectivity index (χ1n) is 5.07. The molecule has 0 aromatic rings. The van der Waals surface area contributed by atoms with Crippen molar-refractivity contribution in [3.63, 3.8) is 0 Å². The Labute approximate surface area is 94.7 Å². The largest absolute Gasteiger partial charge is 0.315 e. The highest BCUT2D eigenvalue weighted by atomic mass is 127. The van der Waals surface area contributed by atoms with Gasteiger partial charge in [-0.05, 0) is 65.4 Å². The summed E-state index contributed by atoms with van der Waals surface area (Å²) in [5, 5.41) is 6.95. The SMILES string of the molecule is CC1CNCCC/C(I)=C/CCN1. The van der Waals surface area contributed by atoms with Crippen LogP contribution >= 0.6 is 22.6 Å². The lowest BCUT2D eigenvalue weighted by molar-refractivity contribution is 0.506. The van der Waals surface area contributed by atoms with Gasteiger partial charge in [0.2, 0.25) is 0 Å². The van der Waals surface area contributed by atoms with E-state index in [-0.39, 0.29) is 0 Å². The van der Waals surface area contributed by atoms with E-state index in [4.69, 9.17) is 0 Å². The normalized spacial score (nSPS) is 31.5. The number of nitrogens with one attached hydrogen (secondary N) is 2. The monoisotopic (exact) mass is 294 g/mol. The molecule has 3 heteroatoms. The maximum atomic E-state index is 3.49. The number of hydrogen-bond acceptors (Lipinski definition) is 2. The first-order chi connectivity index (χ1) is 6.29. The Hall–Kier alpha value is 0.390. The van der Waals surface area contributed by atoms with Gasteiger partial charge in [-0.25, -0.2) is 0 Å². The zero-order chi connectivity index (χ0) is 9.52. The Morgan fingerprint density at radius 2 is 2.31 bits per heavy atom. The van der Waals surface area contributed by atoms with E-state index in [0.29, 0.717) is 6.04 Å². The van der Waals surface area contributed by atoms with Gasteiger partial charge in [0.15, 0.2) is 0 Å². The summed E-state index contributed by atoms with van der Waals surface area (Å²) < 4.78 is 1.51. The fourth-order valence-corrected chi connectivity index (χ4v) is 2.13. The van der Waals surface area contributed by atoms with Crippen molar-refractivity contribution >= 4 is 22.6 Å². The molecule has 1 aliphatic heterocycles. The second-order valence-electron chi connectivity index (χ2n) is 3.60. The number of allylic oxidation sites excluding steroid dienone is 1. The molecule has 1 unspecified atom stereocenters. The highest BCUT2D eigenvalue weighted by Gasteiger charge is 2.01. The van der Waals surface area contributed by atoms with Crippen LogP contribution < -0.4 is 10.6 Å².